The molecule has 2 aromatic carbocycles. The highest BCUT2D eigenvalue weighted by Gasteiger charge is 2.34. The van der Waals surface area contributed by atoms with Crippen molar-refractivity contribution < 1.29 is 27.5 Å². The number of hydrogen-bond donors (Lipinski definition) is 1. The van der Waals surface area contributed by atoms with E-state index in [1.54, 1.807) is 32.5 Å². The second-order valence-electron chi connectivity index (χ2n) is 11.7. The van der Waals surface area contributed by atoms with Crippen LogP contribution in [-0.2, 0) is 16.6 Å². The zero-order valence-corrected chi connectivity index (χ0v) is 25.0. The summed E-state index contributed by atoms with van der Waals surface area (Å²) in [6.07, 6.45) is 5.55. The van der Waals surface area contributed by atoms with E-state index in [0.29, 0.717) is 59.1 Å². The first-order chi connectivity index (χ1) is 21.9. The Bertz CT molecular complexity index is 1690. The largest absolute Gasteiger partial charge is 0.494 e. The van der Waals surface area contributed by atoms with Crippen LogP contribution in [0, 0.1) is 29.4 Å². The second-order valence-corrected chi connectivity index (χ2v) is 11.7. The third-order valence-corrected chi connectivity index (χ3v) is 8.99. The number of hydroxylamine groups is 1. The summed E-state index contributed by atoms with van der Waals surface area (Å²) in [5.74, 6) is 0.168. The van der Waals surface area contributed by atoms with Crippen LogP contribution in [0.2, 0.25) is 0 Å². The molecule has 0 bridgehead atoms. The molecule has 0 amide bonds. The maximum absolute atomic E-state index is 15.2. The molecule has 236 valence electrons. The fraction of sp³-hybridized carbons (Fsp3) is 0.406. The molecule has 2 aromatic heterocycles. The summed E-state index contributed by atoms with van der Waals surface area (Å²) in [6.45, 7) is 3.66. The Morgan fingerprint density at radius 2 is 1.80 bits per heavy atom. The monoisotopic (exact) mass is 621 g/mol. The molecule has 1 atom stereocenters. The highest BCUT2D eigenvalue weighted by Crippen LogP contribution is 2.43. The number of aryl methyl sites for hydroxylation is 1. The van der Waals surface area contributed by atoms with Crippen LogP contribution in [0.3, 0.4) is 0 Å². The van der Waals surface area contributed by atoms with E-state index in [1.807, 2.05) is 12.1 Å². The van der Waals surface area contributed by atoms with E-state index in [4.69, 9.17) is 14.3 Å². The van der Waals surface area contributed by atoms with Crippen molar-refractivity contribution in [1.29, 1.82) is 0 Å². The van der Waals surface area contributed by atoms with Crippen LogP contribution in [0.4, 0.5) is 36.2 Å². The molecular weight excluding hydrogens is 587 g/mol. The van der Waals surface area contributed by atoms with Gasteiger partial charge in [-0.25, -0.2) is 23.8 Å². The van der Waals surface area contributed by atoms with Gasteiger partial charge in [-0.2, -0.15) is 4.39 Å². The van der Waals surface area contributed by atoms with Crippen LogP contribution in [-0.4, -0.2) is 59.8 Å². The molecule has 5 heterocycles. The summed E-state index contributed by atoms with van der Waals surface area (Å²) < 4.78 is 56.5. The Hall–Kier alpha value is -4.36. The van der Waals surface area contributed by atoms with E-state index < -0.39 is 23.6 Å². The van der Waals surface area contributed by atoms with Gasteiger partial charge >= 0.3 is 0 Å². The summed E-state index contributed by atoms with van der Waals surface area (Å²) in [5.41, 5.74) is 2.66. The number of ether oxygens (including phenoxy) is 2. The van der Waals surface area contributed by atoms with E-state index in [-0.39, 0.29) is 5.56 Å². The van der Waals surface area contributed by atoms with E-state index in [1.165, 1.54) is 22.1 Å². The lowest BCUT2D eigenvalue weighted by Crippen LogP contribution is -2.42. The number of benzene rings is 2. The lowest BCUT2D eigenvalue weighted by atomic mass is 9.83. The molecule has 0 radical (unpaired) electrons. The molecule has 0 saturated carbocycles. The number of methoxy groups -OCH3 is 1. The Morgan fingerprint density at radius 3 is 2.51 bits per heavy atom. The lowest BCUT2D eigenvalue weighted by molar-refractivity contribution is -0.0650. The summed E-state index contributed by atoms with van der Waals surface area (Å²) in [5, 5.41) is 8.72. The van der Waals surface area contributed by atoms with Gasteiger partial charge in [0.15, 0.2) is 17.5 Å². The predicted octanol–water partition coefficient (Wildman–Crippen LogP) is 5.79. The van der Waals surface area contributed by atoms with Crippen molar-refractivity contribution in [3.05, 3.63) is 72.1 Å². The van der Waals surface area contributed by atoms with Gasteiger partial charge in [0.1, 0.15) is 17.9 Å². The number of halogens is 3. The molecule has 3 aliphatic rings. The van der Waals surface area contributed by atoms with Crippen molar-refractivity contribution in [3.8, 4) is 16.9 Å². The molecule has 1 N–H and O–H groups in total. The number of aromatic nitrogens is 4. The first-order valence-corrected chi connectivity index (χ1v) is 15.1. The molecule has 3 fully saturated rings. The summed E-state index contributed by atoms with van der Waals surface area (Å²) in [6, 6.07) is 8.95. The highest BCUT2D eigenvalue weighted by molar-refractivity contribution is 5.85. The predicted molar refractivity (Wildman–Crippen MR) is 162 cm³/mol. The van der Waals surface area contributed by atoms with Crippen molar-refractivity contribution in [2.24, 2.45) is 18.9 Å². The van der Waals surface area contributed by atoms with Crippen LogP contribution in [0.25, 0.3) is 11.1 Å². The molecule has 3 aliphatic heterocycles. The topological polar surface area (TPSA) is 89.8 Å². The smallest absolute Gasteiger partial charge is 0.240 e. The Morgan fingerprint density at radius 1 is 0.978 bits per heavy atom. The number of anilines is 4. The number of piperidine rings is 1. The van der Waals surface area contributed by atoms with Crippen molar-refractivity contribution in [3.63, 3.8) is 0 Å². The van der Waals surface area contributed by atoms with Gasteiger partial charge in [0, 0.05) is 67.6 Å². The van der Waals surface area contributed by atoms with Crippen LogP contribution in [0.15, 0.2) is 48.9 Å². The zero-order valence-electron chi connectivity index (χ0n) is 25.0. The quantitative estimate of drug-likeness (QED) is 0.263. The molecule has 0 unspecified atom stereocenters. The molecule has 3 saturated heterocycles. The number of rotatable bonds is 8. The average Bonchev–Trinajstić information content (AvgIpc) is 3.64. The molecule has 10 nitrogen and oxygen atoms in total. The minimum atomic E-state index is -0.918. The minimum Gasteiger partial charge on any atom is -0.494 e. The minimum absolute atomic E-state index is 0.186. The lowest BCUT2D eigenvalue weighted by Gasteiger charge is -2.41. The zero-order chi connectivity index (χ0) is 31.1. The third-order valence-electron chi connectivity index (χ3n) is 8.99. The van der Waals surface area contributed by atoms with Crippen LogP contribution < -0.4 is 20.0 Å². The molecule has 0 spiro atoms. The van der Waals surface area contributed by atoms with Crippen LogP contribution in [0.5, 0.6) is 5.75 Å². The van der Waals surface area contributed by atoms with Crippen LogP contribution >= 0.6 is 0 Å². The summed E-state index contributed by atoms with van der Waals surface area (Å²) >= 11 is 0. The van der Waals surface area contributed by atoms with E-state index in [9.17, 15) is 8.78 Å². The molecule has 13 heteroatoms. The van der Waals surface area contributed by atoms with Crippen LogP contribution in [0.1, 0.15) is 30.9 Å². The fourth-order valence-corrected chi connectivity index (χ4v) is 6.52. The molecule has 0 aliphatic carbocycles. The normalized spacial score (nSPS) is 19.2. The third kappa shape index (κ3) is 5.66. The Balaban J connectivity index is 1.20. The molecule has 4 aromatic rings. The Kier molecular flexibility index (Phi) is 7.96. The van der Waals surface area contributed by atoms with Gasteiger partial charge in [-0.3, -0.25) is 9.52 Å². The van der Waals surface area contributed by atoms with Gasteiger partial charge in [-0.1, -0.05) is 12.1 Å². The van der Waals surface area contributed by atoms with Crippen molar-refractivity contribution >= 4 is 23.0 Å². The van der Waals surface area contributed by atoms with Gasteiger partial charge in [0.2, 0.25) is 5.95 Å². The van der Waals surface area contributed by atoms with E-state index in [2.05, 4.69) is 25.3 Å². The SMILES string of the molecule is COc1cc(N2CCC(C3COC3)CC2)c(-c2cn(C)nc2F)cc1Nc1cc(N2OCC[C@@H]2c2cccc(F)c2F)ncn1. The molecule has 7 rings (SSSR count). The first kappa shape index (κ1) is 29.4. The Labute approximate surface area is 258 Å². The van der Waals surface area contributed by atoms with E-state index in [0.717, 1.165) is 50.9 Å². The second kappa shape index (κ2) is 12.2. The number of nitrogens with zero attached hydrogens (tertiary/aromatic N) is 6. The molecular formula is C32H34F3N7O3. The number of nitrogens with one attached hydrogen (secondary N) is 1. The standard InChI is InChI=1S/C32H34F3N7O3/c1-40-15-23(32(35)39-40)22-12-25(28(43-2)13-27(22)41-9-6-19(7-10-41)20-16-44-17-20)38-29-14-30(37-18-36-29)42-26(8-11-45-42)21-4-3-5-24(33)31(21)34/h3-5,12-15,18-20,26H,6-11,16-17H2,1-2H3,(H,36,37,38)/t26-/m1/s1. The maximum Gasteiger partial charge on any atom is 0.240 e. The van der Waals surface area contributed by atoms with Crippen molar-refractivity contribution in [2.45, 2.75) is 25.3 Å². The van der Waals surface area contributed by atoms with Gasteiger partial charge in [-0.05, 0) is 30.9 Å². The van der Waals surface area contributed by atoms with Gasteiger partial charge in [0.05, 0.1) is 44.2 Å². The maximum atomic E-state index is 15.2. The van der Waals surface area contributed by atoms with Gasteiger partial charge in [-0.15, -0.1) is 5.10 Å². The van der Waals surface area contributed by atoms with Gasteiger partial charge in [0.25, 0.3) is 0 Å². The number of hydrogen-bond acceptors (Lipinski definition) is 9. The summed E-state index contributed by atoms with van der Waals surface area (Å²) in [4.78, 5) is 16.8. The van der Waals surface area contributed by atoms with Crippen molar-refractivity contribution in [2.75, 3.05) is 55.3 Å². The average molecular weight is 622 g/mol. The van der Waals surface area contributed by atoms with E-state index >= 15 is 4.39 Å². The van der Waals surface area contributed by atoms with Crippen molar-refractivity contribution in [1.82, 2.24) is 19.7 Å². The van der Waals surface area contributed by atoms with Gasteiger partial charge < -0.3 is 19.7 Å². The molecule has 45 heavy (non-hydrogen) atoms. The fourth-order valence-electron chi connectivity index (χ4n) is 6.52. The summed E-state index contributed by atoms with van der Waals surface area (Å²) in [7, 11) is 3.27. The first-order valence-electron chi connectivity index (χ1n) is 15.1. The highest BCUT2D eigenvalue weighted by atomic mass is 19.2.